The van der Waals surface area contributed by atoms with E-state index in [0.717, 1.165) is 32.8 Å². The monoisotopic (exact) mass is 278 g/mol. The average molecular weight is 279 g/mol. The number of rotatable bonds is 2. The molecule has 0 saturated heterocycles. The second kappa shape index (κ2) is 4.52. The topological polar surface area (TPSA) is 38.4 Å². The van der Waals surface area contributed by atoms with Gasteiger partial charge in [0.25, 0.3) is 0 Å². The van der Waals surface area contributed by atoms with Gasteiger partial charge >= 0.3 is 0 Å². The Morgan fingerprint density at radius 3 is 3.23 bits per heavy atom. The van der Waals surface area contributed by atoms with Gasteiger partial charge in [-0.3, -0.25) is 4.99 Å². The van der Waals surface area contributed by atoms with Gasteiger partial charge in [-0.25, -0.2) is 0 Å². The maximum atomic E-state index is 5.04. The number of hydrogen-bond acceptors (Lipinski definition) is 5. The van der Waals surface area contributed by atoms with Crippen LogP contribution in [-0.2, 0) is 5.75 Å². The summed E-state index contributed by atoms with van der Waals surface area (Å²) in [7, 11) is 0. The summed E-state index contributed by atoms with van der Waals surface area (Å²) in [6.07, 6.45) is 0. The predicted molar refractivity (Wildman–Crippen MR) is 60.3 cm³/mol. The lowest BCUT2D eigenvalue weighted by Crippen LogP contribution is -1.81. The fourth-order valence-electron chi connectivity index (χ4n) is 0.892. The molecule has 0 unspecified atom stereocenters. The van der Waals surface area contributed by atoms with Crippen LogP contribution in [0.2, 0.25) is 0 Å². The van der Waals surface area contributed by atoms with Crippen LogP contribution in [0.15, 0.2) is 20.2 Å². The molecule has 0 fully saturated rings. The second-order valence-electron chi connectivity index (χ2n) is 2.40. The van der Waals surface area contributed by atoms with Gasteiger partial charge < -0.3 is 4.52 Å². The zero-order valence-electron chi connectivity index (χ0n) is 6.70. The van der Waals surface area contributed by atoms with Crippen molar-refractivity contribution >= 4 is 43.8 Å². The summed E-state index contributed by atoms with van der Waals surface area (Å²) in [5.41, 5.74) is 0. The number of nitrogens with zero attached hydrogens (tertiary/aromatic N) is 2. The minimum atomic E-state index is 0.754. The Labute approximate surface area is 92.9 Å². The molecule has 0 N–H and O–H groups in total. The fourth-order valence-corrected chi connectivity index (χ4v) is 3.10. The van der Waals surface area contributed by atoms with Crippen molar-refractivity contribution < 1.29 is 4.52 Å². The molecule has 0 atom stereocenters. The molecule has 0 radical (unpaired) electrons. The third kappa shape index (κ3) is 2.75. The number of aromatic nitrogens is 1. The molecule has 0 amide bonds. The smallest absolute Gasteiger partial charge is 0.149 e. The Hall–Kier alpha value is 0.0600. The number of aliphatic imine (C=N–C) groups is 1. The van der Waals surface area contributed by atoms with E-state index >= 15 is 0 Å². The Bertz CT molecular complexity index is 326. The fraction of sp³-hybridized carbons (Fsp3) is 0.429. The Morgan fingerprint density at radius 2 is 2.62 bits per heavy atom. The van der Waals surface area contributed by atoms with Crippen LogP contribution in [0, 0.1) is 0 Å². The van der Waals surface area contributed by atoms with Crippen LogP contribution in [0.25, 0.3) is 0 Å². The molecule has 3 nitrogen and oxygen atoms in total. The van der Waals surface area contributed by atoms with Gasteiger partial charge in [-0.2, -0.15) is 0 Å². The number of hydrogen-bond donors (Lipinski definition) is 0. The van der Waals surface area contributed by atoms with E-state index in [-0.39, 0.29) is 0 Å². The molecule has 70 valence electrons. The van der Waals surface area contributed by atoms with Crippen molar-refractivity contribution in [2.45, 2.75) is 5.75 Å². The predicted octanol–water partition coefficient (Wildman–Crippen LogP) is 2.77. The molecule has 1 aliphatic rings. The highest BCUT2D eigenvalue weighted by Crippen LogP contribution is 2.25. The van der Waals surface area contributed by atoms with Gasteiger partial charge in [-0.1, -0.05) is 28.7 Å². The third-order valence-corrected chi connectivity index (χ3v) is 4.07. The first kappa shape index (κ1) is 9.61. The molecule has 1 aromatic heterocycles. The summed E-state index contributed by atoms with van der Waals surface area (Å²) in [6, 6.07) is 1.88. The maximum absolute atomic E-state index is 5.04. The minimum Gasteiger partial charge on any atom is -0.359 e. The van der Waals surface area contributed by atoms with Crippen LogP contribution in [0.5, 0.6) is 0 Å². The van der Waals surface area contributed by atoms with E-state index in [1.807, 2.05) is 17.8 Å². The van der Waals surface area contributed by atoms with Crippen LogP contribution in [0.1, 0.15) is 5.76 Å². The highest BCUT2D eigenvalue weighted by Gasteiger charge is 2.09. The molecule has 0 aliphatic carbocycles. The van der Waals surface area contributed by atoms with Crippen molar-refractivity contribution in [2.75, 3.05) is 12.3 Å². The van der Waals surface area contributed by atoms with Crippen LogP contribution < -0.4 is 0 Å². The van der Waals surface area contributed by atoms with Crippen molar-refractivity contribution in [3.63, 3.8) is 0 Å². The minimum absolute atomic E-state index is 0.754. The van der Waals surface area contributed by atoms with Crippen molar-refractivity contribution in [3.8, 4) is 0 Å². The molecule has 2 heterocycles. The Morgan fingerprint density at radius 1 is 1.69 bits per heavy atom. The van der Waals surface area contributed by atoms with E-state index in [2.05, 4.69) is 26.1 Å². The summed E-state index contributed by atoms with van der Waals surface area (Å²) in [4.78, 5) is 4.33. The highest BCUT2D eigenvalue weighted by atomic mass is 79.9. The molecule has 1 aliphatic heterocycles. The Kier molecular flexibility index (Phi) is 3.34. The molecule has 2 rings (SSSR count). The van der Waals surface area contributed by atoms with E-state index in [1.165, 1.54) is 0 Å². The lowest BCUT2D eigenvalue weighted by atomic mass is 10.5. The Balaban J connectivity index is 1.85. The lowest BCUT2D eigenvalue weighted by molar-refractivity contribution is 0.391. The molecule has 0 spiro atoms. The molecule has 0 bridgehead atoms. The molecule has 6 heteroatoms. The quantitative estimate of drug-likeness (QED) is 0.834. The molecule has 13 heavy (non-hydrogen) atoms. The van der Waals surface area contributed by atoms with E-state index in [0.29, 0.717) is 0 Å². The van der Waals surface area contributed by atoms with Gasteiger partial charge in [0.15, 0.2) is 0 Å². The zero-order chi connectivity index (χ0) is 9.10. The molecular weight excluding hydrogens is 272 g/mol. The van der Waals surface area contributed by atoms with E-state index < -0.39 is 0 Å². The van der Waals surface area contributed by atoms with Crippen molar-refractivity contribution in [1.29, 1.82) is 0 Å². The maximum Gasteiger partial charge on any atom is 0.149 e. The van der Waals surface area contributed by atoms with Gasteiger partial charge in [0.2, 0.25) is 0 Å². The molecule has 0 aromatic carbocycles. The van der Waals surface area contributed by atoms with Crippen molar-refractivity contribution in [2.24, 2.45) is 4.99 Å². The van der Waals surface area contributed by atoms with Gasteiger partial charge in [0, 0.05) is 11.8 Å². The number of halogens is 1. The largest absolute Gasteiger partial charge is 0.359 e. The van der Waals surface area contributed by atoms with Crippen molar-refractivity contribution in [1.82, 2.24) is 5.16 Å². The summed E-state index contributed by atoms with van der Waals surface area (Å²) < 4.78 is 6.96. The average Bonchev–Trinajstić information content (AvgIpc) is 2.71. The van der Waals surface area contributed by atoms with Gasteiger partial charge in [0.1, 0.15) is 14.7 Å². The van der Waals surface area contributed by atoms with E-state index in [9.17, 15) is 0 Å². The molecular formula is C7H7BrN2OS2. The normalized spacial score (nSPS) is 16.2. The lowest BCUT2D eigenvalue weighted by Gasteiger charge is -1.94. The van der Waals surface area contributed by atoms with Gasteiger partial charge in [0.05, 0.1) is 12.3 Å². The number of thioether (sulfide) groups is 2. The molecule has 0 saturated carbocycles. The summed E-state index contributed by atoms with van der Waals surface area (Å²) >= 11 is 6.75. The zero-order valence-corrected chi connectivity index (χ0v) is 9.91. The standard InChI is InChI=1S/C7H7BrN2OS2/c8-6-3-5(11-10-6)4-13-7-9-1-2-12-7/h3H,1-2,4H2. The van der Waals surface area contributed by atoms with E-state index in [4.69, 9.17) is 4.52 Å². The highest BCUT2D eigenvalue weighted by molar-refractivity contribution is 9.10. The summed E-state index contributed by atoms with van der Waals surface area (Å²) in [6.45, 7) is 0.951. The van der Waals surface area contributed by atoms with Crippen LogP contribution in [0.4, 0.5) is 0 Å². The summed E-state index contributed by atoms with van der Waals surface area (Å²) in [5.74, 6) is 2.81. The SMILES string of the molecule is Brc1cc(CSC2=NCCS2)on1. The summed E-state index contributed by atoms with van der Waals surface area (Å²) in [5, 5.41) is 3.74. The molecule has 1 aromatic rings. The first-order valence-electron chi connectivity index (χ1n) is 3.76. The van der Waals surface area contributed by atoms with Gasteiger partial charge in [-0.05, 0) is 15.9 Å². The van der Waals surface area contributed by atoms with Crippen LogP contribution in [-0.4, -0.2) is 21.8 Å². The second-order valence-corrected chi connectivity index (χ2v) is 5.52. The first-order chi connectivity index (χ1) is 6.34. The van der Waals surface area contributed by atoms with Crippen LogP contribution >= 0.6 is 39.5 Å². The van der Waals surface area contributed by atoms with Gasteiger partial charge in [-0.15, -0.1) is 0 Å². The first-order valence-corrected chi connectivity index (χ1v) is 6.52. The van der Waals surface area contributed by atoms with Crippen LogP contribution in [0.3, 0.4) is 0 Å². The third-order valence-electron chi connectivity index (χ3n) is 1.43. The van der Waals surface area contributed by atoms with Crippen molar-refractivity contribution in [3.05, 3.63) is 16.4 Å². The van der Waals surface area contributed by atoms with E-state index in [1.54, 1.807) is 11.8 Å².